The molecule has 34 heavy (non-hydrogen) atoms. The SMILES string of the molecule is CC[C@@H](CC(=O)O)c1ccc(C2CCN(C(=O)OC(C)(C)C)CC2)c(Nc2cnc(C)nc2)c1. The van der Waals surface area contributed by atoms with Gasteiger partial charge in [-0.05, 0) is 76.0 Å². The van der Waals surface area contributed by atoms with E-state index in [9.17, 15) is 14.7 Å². The number of benzene rings is 1. The fourth-order valence-electron chi connectivity index (χ4n) is 4.31. The fraction of sp³-hybridized carbons (Fsp3) is 0.538. The van der Waals surface area contributed by atoms with Gasteiger partial charge in [-0.3, -0.25) is 4.79 Å². The first-order valence-electron chi connectivity index (χ1n) is 11.9. The topological polar surface area (TPSA) is 105 Å². The minimum absolute atomic E-state index is 0.0598. The first kappa shape index (κ1) is 25.5. The van der Waals surface area contributed by atoms with Crippen LogP contribution < -0.4 is 5.32 Å². The first-order valence-corrected chi connectivity index (χ1v) is 11.9. The van der Waals surface area contributed by atoms with E-state index in [1.165, 1.54) is 0 Å². The predicted molar refractivity (Wildman–Crippen MR) is 132 cm³/mol. The maximum absolute atomic E-state index is 12.5. The van der Waals surface area contributed by atoms with E-state index in [-0.39, 0.29) is 24.3 Å². The lowest BCUT2D eigenvalue weighted by Crippen LogP contribution is -2.41. The number of amides is 1. The predicted octanol–water partition coefficient (Wildman–Crippen LogP) is 5.61. The van der Waals surface area contributed by atoms with Crippen molar-refractivity contribution in [2.45, 2.75) is 77.7 Å². The molecule has 0 radical (unpaired) electrons. The number of hydrogen-bond acceptors (Lipinski definition) is 6. The molecule has 2 aromatic rings. The largest absolute Gasteiger partial charge is 0.481 e. The van der Waals surface area contributed by atoms with Gasteiger partial charge in [-0.2, -0.15) is 0 Å². The number of piperidine rings is 1. The van der Waals surface area contributed by atoms with Crippen LogP contribution in [-0.4, -0.2) is 50.7 Å². The van der Waals surface area contributed by atoms with Crippen molar-refractivity contribution in [2.24, 2.45) is 0 Å². The number of aromatic nitrogens is 2. The van der Waals surface area contributed by atoms with Gasteiger partial charge in [0.1, 0.15) is 11.4 Å². The standard InChI is InChI=1S/C26H36N4O4/c1-6-18(14-24(31)32)20-7-8-22(23(13-20)29-21-15-27-17(2)28-16-21)19-9-11-30(12-10-19)25(33)34-26(3,4)5/h7-8,13,15-16,18-19,29H,6,9-12,14H2,1-5H3,(H,31,32)/t18-/m0/s1. The van der Waals surface area contributed by atoms with E-state index in [4.69, 9.17) is 4.74 Å². The summed E-state index contributed by atoms with van der Waals surface area (Å²) in [7, 11) is 0. The highest BCUT2D eigenvalue weighted by Gasteiger charge is 2.29. The van der Waals surface area contributed by atoms with E-state index >= 15 is 0 Å². The molecule has 1 fully saturated rings. The van der Waals surface area contributed by atoms with Crippen LogP contribution in [0.5, 0.6) is 0 Å². The van der Waals surface area contributed by atoms with Crippen molar-refractivity contribution in [1.29, 1.82) is 0 Å². The van der Waals surface area contributed by atoms with Crippen molar-refractivity contribution in [3.63, 3.8) is 0 Å². The van der Waals surface area contributed by atoms with Crippen molar-refractivity contribution in [3.8, 4) is 0 Å². The number of carbonyl (C=O) groups is 2. The number of nitrogens with one attached hydrogen (secondary N) is 1. The van der Waals surface area contributed by atoms with Gasteiger partial charge >= 0.3 is 12.1 Å². The maximum atomic E-state index is 12.5. The number of anilines is 2. The van der Waals surface area contributed by atoms with Gasteiger partial charge in [-0.25, -0.2) is 14.8 Å². The Morgan fingerprint density at radius 3 is 2.41 bits per heavy atom. The van der Waals surface area contributed by atoms with E-state index in [0.29, 0.717) is 18.9 Å². The summed E-state index contributed by atoms with van der Waals surface area (Å²) in [6.45, 7) is 10.7. The third kappa shape index (κ3) is 6.92. The summed E-state index contributed by atoms with van der Waals surface area (Å²) in [5.74, 6) is 0.102. The summed E-state index contributed by atoms with van der Waals surface area (Å²) in [5, 5.41) is 12.8. The highest BCUT2D eigenvalue weighted by Crippen LogP contribution is 2.37. The summed E-state index contributed by atoms with van der Waals surface area (Å²) >= 11 is 0. The number of carbonyl (C=O) groups excluding carboxylic acids is 1. The molecule has 0 bridgehead atoms. The molecule has 0 saturated carbocycles. The van der Waals surface area contributed by atoms with E-state index < -0.39 is 11.6 Å². The molecule has 0 unspecified atom stereocenters. The minimum atomic E-state index is -0.799. The van der Waals surface area contributed by atoms with Gasteiger partial charge in [0.25, 0.3) is 0 Å². The molecule has 0 aliphatic carbocycles. The average molecular weight is 469 g/mol. The quantitative estimate of drug-likeness (QED) is 0.544. The zero-order valence-electron chi connectivity index (χ0n) is 20.8. The summed E-state index contributed by atoms with van der Waals surface area (Å²) < 4.78 is 5.53. The third-order valence-electron chi connectivity index (χ3n) is 6.11. The molecular formula is C26H36N4O4. The summed E-state index contributed by atoms with van der Waals surface area (Å²) in [5.41, 5.74) is 3.35. The Hall–Kier alpha value is -3.16. The van der Waals surface area contributed by atoms with Gasteiger partial charge in [0.2, 0.25) is 0 Å². The Kier molecular flexibility index (Phi) is 8.12. The van der Waals surface area contributed by atoms with Crippen LogP contribution in [0.4, 0.5) is 16.2 Å². The normalized spacial score (nSPS) is 15.6. The number of hydrogen-bond donors (Lipinski definition) is 2. The van der Waals surface area contributed by atoms with Crippen LogP contribution in [-0.2, 0) is 9.53 Å². The van der Waals surface area contributed by atoms with Gasteiger partial charge in [0.15, 0.2) is 0 Å². The lowest BCUT2D eigenvalue weighted by Gasteiger charge is -2.34. The number of aliphatic carboxylic acids is 1. The Morgan fingerprint density at radius 1 is 1.21 bits per heavy atom. The first-order chi connectivity index (χ1) is 16.1. The van der Waals surface area contributed by atoms with E-state index in [0.717, 1.165) is 41.8 Å². The highest BCUT2D eigenvalue weighted by atomic mass is 16.6. The number of nitrogens with zero attached hydrogens (tertiary/aromatic N) is 3. The molecule has 184 valence electrons. The average Bonchev–Trinajstić information content (AvgIpc) is 2.78. The molecule has 1 atom stereocenters. The second-order valence-electron chi connectivity index (χ2n) is 9.94. The zero-order chi connectivity index (χ0) is 24.9. The minimum Gasteiger partial charge on any atom is -0.481 e. The molecule has 2 N–H and O–H groups in total. The number of ether oxygens (including phenoxy) is 1. The molecule has 1 aromatic carbocycles. The number of aryl methyl sites for hydroxylation is 1. The molecule has 1 amide bonds. The van der Waals surface area contributed by atoms with Crippen LogP contribution in [0.2, 0.25) is 0 Å². The van der Waals surface area contributed by atoms with E-state index in [1.54, 1.807) is 17.3 Å². The Morgan fingerprint density at radius 2 is 1.85 bits per heavy atom. The molecular weight excluding hydrogens is 432 g/mol. The van der Waals surface area contributed by atoms with Crippen LogP contribution in [0.1, 0.15) is 82.2 Å². The molecule has 1 aliphatic heterocycles. The van der Waals surface area contributed by atoms with Crippen molar-refractivity contribution < 1.29 is 19.4 Å². The Bertz CT molecular complexity index is 993. The van der Waals surface area contributed by atoms with E-state index in [2.05, 4.69) is 27.4 Å². The molecule has 1 aliphatic rings. The monoisotopic (exact) mass is 468 g/mol. The smallest absolute Gasteiger partial charge is 0.410 e. The molecule has 8 heteroatoms. The van der Waals surface area contributed by atoms with Crippen molar-refractivity contribution in [3.05, 3.63) is 47.5 Å². The summed E-state index contributed by atoms with van der Waals surface area (Å²) in [6, 6.07) is 6.21. The summed E-state index contributed by atoms with van der Waals surface area (Å²) in [4.78, 5) is 34.2. The van der Waals surface area contributed by atoms with Crippen molar-refractivity contribution in [2.75, 3.05) is 18.4 Å². The van der Waals surface area contributed by atoms with Gasteiger partial charge < -0.3 is 20.1 Å². The molecule has 8 nitrogen and oxygen atoms in total. The second-order valence-corrected chi connectivity index (χ2v) is 9.94. The van der Waals surface area contributed by atoms with Gasteiger partial charge in [0.05, 0.1) is 24.5 Å². The molecule has 0 spiro atoms. The van der Waals surface area contributed by atoms with E-state index in [1.807, 2.05) is 40.7 Å². The summed E-state index contributed by atoms with van der Waals surface area (Å²) in [6.07, 6.45) is 5.71. The Balaban J connectivity index is 1.83. The van der Waals surface area contributed by atoms with Gasteiger partial charge in [-0.1, -0.05) is 19.1 Å². The zero-order valence-corrected chi connectivity index (χ0v) is 20.8. The lowest BCUT2D eigenvalue weighted by molar-refractivity contribution is -0.137. The number of rotatable bonds is 7. The maximum Gasteiger partial charge on any atom is 0.410 e. The number of carboxylic acids is 1. The number of likely N-dealkylation sites (tertiary alicyclic amines) is 1. The van der Waals surface area contributed by atoms with Crippen molar-refractivity contribution >= 4 is 23.4 Å². The lowest BCUT2D eigenvalue weighted by atomic mass is 9.85. The molecule has 1 saturated heterocycles. The van der Waals surface area contributed by atoms with Gasteiger partial charge in [-0.15, -0.1) is 0 Å². The molecule has 3 rings (SSSR count). The third-order valence-corrected chi connectivity index (χ3v) is 6.11. The second kappa shape index (κ2) is 10.8. The van der Waals surface area contributed by atoms with Crippen LogP contribution in [0.25, 0.3) is 0 Å². The van der Waals surface area contributed by atoms with Gasteiger partial charge in [0, 0.05) is 18.8 Å². The van der Waals surface area contributed by atoms with Crippen LogP contribution in [0.3, 0.4) is 0 Å². The fourth-order valence-corrected chi connectivity index (χ4v) is 4.31. The van der Waals surface area contributed by atoms with Crippen molar-refractivity contribution in [1.82, 2.24) is 14.9 Å². The molecule has 2 heterocycles. The number of carboxylic acid groups (broad SMARTS) is 1. The Labute approximate surface area is 201 Å². The van der Waals surface area contributed by atoms with Crippen LogP contribution in [0, 0.1) is 6.92 Å². The molecule has 1 aromatic heterocycles. The highest BCUT2D eigenvalue weighted by molar-refractivity contribution is 5.70. The van der Waals surface area contributed by atoms with Crippen LogP contribution in [0.15, 0.2) is 30.6 Å². The van der Waals surface area contributed by atoms with Crippen LogP contribution >= 0.6 is 0 Å².